The Kier molecular flexibility index (Phi) is 2.59. The molecule has 3 heteroatoms. The van der Waals surface area contributed by atoms with Crippen LogP contribution in [0.5, 0.6) is 0 Å². The van der Waals surface area contributed by atoms with Crippen molar-refractivity contribution in [2.45, 2.75) is 25.9 Å². The number of methoxy groups -OCH3 is 1. The molecule has 2 aliphatic rings. The molecule has 14 heavy (non-hydrogen) atoms. The topological polar surface area (TPSA) is 35.5 Å². The Labute approximate surface area is 84.1 Å². The molecule has 3 atom stereocenters. The van der Waals surface area contributed by atoms with Crippen LogP contribution in [0.3, 0.4) is 0 Å². The normalized spacial score (nSPS) is 34.4. The number of rotatable bonds is 3. The zero-order valence-electron chi connectivity index (χ0n) is 8.66. The van der Waals surface area contributed by atoms with E-state index in [9.17, 15) is 4.79 Å². The molecule has 0 aliphatic heterocycles. The molecule has 0 heterocycles. The minimum absolute atomic E-state index is 0.167. The summed E-state index contributed by atoms with van der Waals surface area (Å²) in [5, 5.41) is 0. The number of ether oxygens (including phenoxy) is 2. The molecule has 0 bridgehead atoms. The SMILES string of the molecule is CCOC(=O)C1=C[C@@H]2C[C@@H]2[C@@H](OC)C1. The molecule has 0 N–H and O–H groups in total. The zero-order valence-corrected chi connectivity index (χ0v) is 8.66. The number of hydrogen-bond donors (Lipinski definition) is 0. The minimum Gasteiger partial charge on any atom is -0.463 e. The maximum Gasteiger partial charge on any atom is 0.333 e. The van der Waals surface area contributed by atoms with Crippen LogP contribution in [0.15, 0.2) is 11.6 Å². The summed E-state index contributed by atoms with van der Waals surface area (Å²) >= 11 is 0. The van der Waals surface area contributed by atoms with Crippen LogP contribution >= 0.6 is 0 Å². The second-order valence-corrected chi connectivity index (χ2v) is 3.95. The van der Waals surface area contributed by atoms with Crippen LogP contribution < -0.4 is 0 Å². The van der Waals surface area contributed by atoms with E-state index in [1.54, 1.807) is 7.11 Å². The molecule has 0 aromatic heterocycles. The van der Waals surface area contributed by atoms with Gasteiger partial charge in [-0.2, -0.15) is 0 Å². The summed E-state index contributed by atoms with van der Waals surface area (Å²) in [7, 11) is 1.72. The lowest BCUT2D eigenvalue weighted by atomic mass is 9.97. The number of carbonyl (C=O) groups excluding carboxylic acids is 1. The van der Waals surface area contributed by atoms with Gasteiger partial charge >= 0.3 is 5.97 Å². The molecule has 0 aromatic carbocycles. The number of hydrogen-bond acceptors (Lipinski definition) is 3. The number of fused-ring (bicyclic) bond motifs is 1. The van der Waals surface area contributed by atoms with E-state index in [1.165, 1.54) is 6.42 Å². The molecule has 2 rings (SSSR count). The molecular formula is C11H16O3. The monoisotopic (exact) mass is 196 g/mol. The van der Waals surface area contributed by atoms with Crippen molar-refractivity contribution in [2.24, 2.45) is 11.8 Å². The van der Waals surface area contributed by atoms with Gasteiger partial charge in [-0.15, -0.1) is 0 Å². The molecule has 0 amide bonds. The Balaban J connectivity index is 2.02. The summed E-state index contributed by atoms with van der Waals surface area (Å²) < 4.78 is 10.3. The number of allylic oxidation sites excluding steroid dienone is 1. The summed E-state index contributed by atoms with van der Waals surface area (Å²) in [6, 6.07) is 0. The van der Waals surface area contributed by atoms with E-state index in [0.29, 0.717) is 18.4 Å². The smallest absolute Gasteiger partial charge is 0.333 e. The van der Waals surface area contributed by atoms with Gasteiger partial charge < -0.3 is 9.47 Å². The highest BCUT2D eigenvalue weighted by molar-refractivity contribution is 5.89. The van der Waals surface area contributed by atoms with Gasteiger partial charge in [0, 0.05) is 19.1 Å². The Morgan fingerprint density at radius 1 is 1.64 bits per heavy atom. The molecule has 3 nitrogen and oxygen atoms in total. The van der Waals surface area contributed by atoms with E-state index < -0.39 is 0 Å². The van der Waals surface area contributed by atoms with Crippen LogP contribution in [0.25, 0.3) is 0 Å². The predicted octanol–water partition coefficient (Wildman–Crippen LogP) is 1.53. The predicted molar refractivity (Wildman–Crippen MR) is 51.7 cm³/mol. The van der Waals surface area contributed by atoms with Gasteiger partial charge in [-0.3, -0.25) is 0 Å². The third kappa shape index (κ3) is 1.69. The first-order valence-electron chi connectivity index (χ1n) is 5.16. The van der Waals surface area contributed by atoms with Crippen LogP contribution in [0, 0.1) is 11.8 Å². The molecule has 0 aromatic rings. The van der Waals surface area contributed by atoms with E-state index in [0.717, 1.165) is 12.0 Å². The van der Waals surface area contributed by atoms with Crippen molar-refractivity contribution < 1.29 is 14.3 Å². The van der Waals surface area contributed by atoms with Crippen molar-refractivity contribution in [3.8, 4) is 0 Å². The minimum atomic E-state index is -0.167. The van der Waals surface area contributed by atoms with E-state index in [-0.39, 0.29) is 12.1 Å². The maximum absolute atomic E-state index is 11.5. The Morgan fingerprint density at radius 2 is 2.43 bits per heavy atom. The molecule has 0 spiro atoms. The van der Waals surface area contributed by atoms with Crippen LogP contribution in [-0.2, 0) is 14.3 Å². The molecule has 0 radical (unpaired) electrons. The fraction of sp³-hybridized carbons (Fsp3) is 0.727. The highest BCUT2D eigenvalue weighted by Gasteiger charge is 2.46. The molecule has 1 saturated carbocycles. The Morgan fingerprint density at radius 3 is 3.07 bits per heavy atom. The number of esters is 1. The van der Waals surface area contributed by atoms with E-state index in [4.69, 9.17) is 9.47 Å². The first-order valence-corrected chi connectivity index (χ1v) is 5.16. The highest BCUT2D eigenvalue weighted by Crippen LogP contribution is 2.49. The van der Waals surface area contributed by atoms with Crippen molar-refractivity contribution in [1.29, 1.82) is 0 Å². The summed E-state index contributed by atoms with van der Waals surface area (Å²) in [6.07, 6.45) is 4.18. The summed E-state index contributed by atoms with van der Waals surface area (Å²) in [5.74, 6) is 1.05. The second kappa shape index (κ2) is 3.73. The van der Waals surface area contributed by atoms with Crippen LogP contribution in [0.4, 0.5) is 0 Å². The lowest BCUT2D eigenvalue weighted by Crippen LogP contribution is -2.22. The second-order valence-electron chi connectivity index (χ2n) is 3.95. The van der Waals surface area contributed by atoms with E-state index in [2.05, 4.69) is 6.08 Å². The van der Waals surface area contributed by atoms with Crippen LogP contribution in [0.1, 0.15) is 19.8 Å². The van der Waals surface area contributed by atoms with Gasteiger partial charge in [-0.25, -0.2) is 4.79 Å². The standard InChI is InChI=1S/C11H16O3/c1-3-14-11(12)8-4-7-5-9(7)10(6-8)13-2/h4,7,9-10H,3,5-6H2,1-2H3/t7-,9+,10+/m1/s1. The van der Waals surface area contributed by atoms with Crippen molar-refractivity contribution in [1.82, 2.24) is 0 Å². The largest absolute Gasteiger partial charge is 0.463 e. The van der Waals surface area contributed by atoms with E-state index >= 15 is 0 Å². The summed E-state index contributed by atoms with van der Waals surface area (Å²) in [4.78, 5) is 11.5. The van der Waals surface area contributed by atoms with Gasteiger partial charge in [0.1, 0.15) is 0 Å². The Bertz CT molecular complexity index is 270. The molecule has 1 fully saturated rings. The van der Waals surface area contributed by atoms with Crippen molar-refractivity contribution >= 4 is 5.97 Å². The average molecular weight is 196 g/mol. The molecule has 2 aliphatic carbocycles. The molecule has 0 unspecified atom stereocenters. The third-order valence-electron chi connectivity index (χ3n) is 3.05. The fourth-order valence-electron chi connectivity index (χ4n) is 2.18. The van der Waals surface area contributed by atoms with E-state index in [1.807, 2.05) is 6.92 Å². The maximum atomic E-state index is 11.5. The number of carbonyl (C=O) groups is 1. The lowest BCUT2D eigenvalue weighted by Gasteiger charge is -2.20. The van der Waals surface area contributed by atoms with Gasteiger partial charge in [-0.1, -0.05) is 6.08 Å². The highest BCUT2D eigenvalue weighted by atomic mass is 16.5. The molecule has 78 valence electrons. The van der Waals surface area contributed by atoms with Crippen LogP contribution in [0.2, 0.25) is 0 Å². The van der Waals surface area contributed by atoms with Crippen LogP contribution in [-0.4, -0.2) is 25.8 Å². The first kappa shape index (κ1) is 9.71. The summed E-state index contributed by atoms with van der Waals surface area (Å²) in [5.41, 5.74) is 0.803. The van der Waals surface area contributed by atoms with Gasteiger partial charge in [-0.05, 0) is 25.2 Å². The Hall–Kier alpha value is -0.830. The molecular weight excluding hydrogens is 180 g/mol. The quantitative estimate of drug-likeness (QED) is 0.642. The fourth-order valence-corrected chi connectivity index (χ4v) is 2.18. The summed E-state index contributed by atoms with van der Waals surface area (Å²) in [6.45, 7) is 2.27. The van der Waals surface area contributed by atoms with Gasteiger partial charge in [0.25, 0.3) is 0 Å². The zero-order chi connectivity index (χ0) is 10.1. The molecule has 0 saturated heterocycles. The lowest BCUT2D eigenvalue weighted by molar-refractivity contribution is -0.139. The van der Waals surface area contributed by atoms with Gasteiger partial charge in [0.15, 0.2) is 0 Å². The van der Waals surface area contributed by atoms with Gasteiger partial charge in [0.2, 0.25) is 0 Å². The van der Waals surface area contributed by atoms with Gasteiger partial charge in [0.05, 0.1) is 12.7 Å². The average Bonchev–Trinajstić information content (AvgIpc) is 2.95. The van der Waals surface area contributed by atoms with Crippen molar-refractivity contribution in [3.05, 3.63) is 11.6 Å². The third-order valence-corrected chi connectivity index (χ3v) is 3.05. The van der Waals surface area contributed by atoms with Crippen molar-refractivity contribution in [2.75, 3.05) is 13.7 Å². The van der Waals surface area contributed by atoms with Crippen molar-refractivity contribution in [3.63, 3.8) is 0 Å². The first-order chi connectivity index (χ1) is 6.76.